The molecule has 1 aromatic heterocycles. The second-order valence-corrected chi connectivity index (χ2v) is 6.40. The molecule has 0 atom stereocenters. The maximum Gasteiger partial charge on any atom is 0.201 e. The van der Waals surface area contributed by atoms with Crippen molar-refractivity contribution in [2.45, 2.75) is 19.3 Å². The van der Waals surface area contributed by atoms with Crippen LogP contribution >= 0.6 is 0 Å². The minimum absolute atomic E-state index is 0.482. The molecule has 2 aromatic rings. The quantitative estimate of drug-likeness (QED) is 0.483. The van der Waals surface area contributed by atoms with E-state index in [1.807, 2.05) is 19.2 Å². The lowest BCUT2D eigenvalue weighted by atomic mass is 10.2. The number of nitrogens with zero attached hydrogens (tertiary/aromatic N) is 3. The zero-order valence-electron chi connectivity index (χ0n) is 14.7. The van der Waals surface area contributed by atoms with E-state index in [4.69, 9.17) is 9.47 Å². The standard InChI is InChI=1S/C16H24N4O4S/c1-20(8-6-4-5-7-19-25(21)22)16-12-9-14(23-2)15(24-3)10-13(12)17-11-18-16/h9-11,25H,4-8H2,1-3H3,(H,19,21,22). The van der Waals surface area contributed by atoms with Gasteiger partial charge < -0.3 is 14.4 Å². The van der Waals surface area contributed by atoms with E-state index in [2.05, 4.69) is 19.6 Å². The van der Waals surface area contributed by atoms with Gasteiger partial charge in [-0.25, -0.2) is 23.1 Å². The van der Waals surface area contributed by atoms with E-state index >= 15 is 0 Å². The molecular formula is C16H24N4O4S. The minimum atomic E-state index is -2.50. The van der Waals surface area contributed by atoms with Crippen LogP contribution in [0.3, 0.4) is 0 Å². The second-order valence-electron chi connectivity index (χ2n) is 5.57. The Morgan fingerprint density at radius 3 is 2.48 bits per heavy atom. The number of aromatic nitrogens is 2. The van der Waals surface area contributed by atoms with E-state index in [-0.39, 0.29) is 0 Å². The van der Waals surface area contributed by atoms with Crippen molar-refractivity contribution in [2.75, 3.05) is 39.3 Å². The Hall–Kier alpha value is -2.13. The van der Waals surface area contributed by atoms with Crippen molar-refractivity contribution < 1.29 is 17.9 Å². The van der Waals surface area contributed by atoms with Crippen LogP contribution in [0.4, 0.5) is 5.82 Å². The highest BCUT2D eigenvalue weighted by atomic mass is 32.2. The Kier molecular flexibility index (Phi) is 7.20. The number of rotatable bonds is 10. The van der Waals surface area contributed by atoms with Gasteiger partial charge in [-0.1, -0.05) is 6.42 Å². The molecule has 8 nitrogen and oxygen atoms in total. The summed E-state index contributed by atoms with van der Waals surface area (Å²) in [4.78, 5) is 10.8. The maximum absolute atomic E-state index is 10.4. The number of hydrogen-bond donors (Lipinski definition) is 2. The van der Waals surface area contributed by atoms with Crippen molar-refractivity contribution in [3.63, 3.8) is 0 Å². The van der Waals surface area contributed by atoms with Gasteiger partial charge in [-0.2, -0.15) is 0 Å². The molecule has 0 amide bonds. The summed E-state index contributed by atoms with van der Waals surface area (Å²) in [6.45, 7) is 1.29. The predicted octanol–water partition coefficient (Wildman–Crippen LogP) is 1.37. The van der Waals surface area contributed by atoms with Crippen LogP contribution < -0.4 is 19.1 Å². The number of nitrogens with one attached hydrogen (secondary N) is 1. The highest BCUT2D eigenvalue weighted by Gasteiger charge is 2.13. The predicted molar refractivity (Wildman–Crippen MR) is 98.1 cm³/mol. The van der Waals surface area contributed by atoms with E-state index in [0.29, 0.717) is 18.0 Å². The van der Waals surface area contributed by atoms with Crippen LogP contribution in [0.5, 0.6) is 11.5 Å². The Bertz CT molecular complexity index is 774. The Balaban J connectivity index is 2.06. The van der Waals surface area contributed by atoms with E-state index < -0.39 is 10.9 Å². The molecule has 1 heterocycles. The zero-order chi connectivity index (χ0) is 18.2. The molecule has 1 N–H and O–H groups in total. The molecule has 9 heteroatoms. The zero-order valence-corrected chi connectivity index (χ0v) is 15.6. The number of thiol groups is 1. The lowest BCUT2D eigenvalue weighted by Gasteiger charge is -2.20. The summed E-state index contributed by atoms with van der Waals surface area (Å²) in [5, 5.41) is 0.896. The second kappa shape index (κ2) is 9.38. The van der Waals surface area contributed by atoms with Gasteiger partial charge in [0, 0.05) is 31.6 Å². The molecule has 0 saturated heterocycles. The Morgan fingerprint density at radius 2 is 1.80 bits per heavy atom. The first kappa shape index (κ1) is 19.2. The van der Waals surface area contributed by atoms with Crippen LogP contribution in [0.15, 0.2) is 18.5 Å². The van der Waals surface area contributed by atoms with Gasteiger partial charge >= 0.3 is 0 Å². The molecule has 138 valence electrons. The van der Waals surface area contributed by atoms with E-state index in [0.717, 1.165) is 42.5 Å². The van der Waals surface area contributed by atoms with Gasteiger partial charge in [0.25, 0.3) is 0 Å². The third-order valence-corrected chi connectivity index (χ3v) is 4.37. The number of benzene rings is 1. The molecule has 0 bridgehead atoms. The van der Waals surface area contributed by atoms with E-state index in [1.54, 1.807) is 14.2 Å². The van der Waals surface area contributed by atoms with Gasteiger partial charge in [-0.05, 0) is 18.9 Å². The molecular weight excluding hydrogens is 344 g/mol. The summed E-state index contributed by atoms with van der Waals surface area (Å²) >= 11 is 0. The van der Waals surface area contributed by atoms with Crippen molar-refractivity contribution in [3.8, 4) is 11.5 Å². The first-order valence-corrected chi connectivity index (χ1v) is 9.20. The average molecular weight is 368 g/mol. The summed E-state index contributed by atoms with van der Waals surface area (Å²) in [6, 6.07) is 3.72. The van der Waals surface area contributed by atoms with Crippen LogP contribution in [0.2, 0.25) is 0 Å². The number of methoxy groups -OCH3 is 2. The molecule has 0 saturated carbocycles. The van der Waals surface area contributed by atoms with Gasteiger partial charge in [-0.15, -0.1) is 0 Å². The van der Waals surface area contributed by atoms with Gasteiger partial charge in [0.1, 0.15) is 12.1 Å². The first-order valence-electron chi connectivity index (χ1n) is 8.02. The molecule has 0 aliphatic rings. The highest BCUT2D eigenvalue weighted by Crippen LogP contribution is 2.34. The smallest absolute Gasteiger partial charge is 0.201 e. The topological polar surface area (TPSA) is 93.7 Å². The number of ether oxygens (including phenoxy) is 2. The van der Waals surface area contributed by atoms with Crippen molar-refractivity contribution in [3.05, 3.63) is 18.5 Å². The molecule has 1 aromatic carbocycles. The summed E-state index contributed by atoms with van der Waals surface area (Å²) in [5.74, 6) is 2.09. The number of anilines is 1. The van der Waals surface area contributed by atoms with Crippen molar-refractivity contribution in [1.82, 2.24) is 14.7 Å². The summed E-state index contributed by atoms with van der Waals surface area (Å²) in [5.41, 5.74) is 0.790. The molecule has 2 rings (SSSR count). The van der Waals surface area contributed by atoms with Gasteiger partial charge in [-0.3, -0.25) is 0 Å². The highest BCUT2D eigenvalue weighted by molar-refractivity contribution is 7.70. The summed E-state index contributed by atoms with van der Waals surface area (Å²) in [7, 11) is 2.67. The normalized spacial score (nSPS) is 11.0. The lowest BCUT2D eigenvalue weighted by Crippen LogP contribution is -2.20. The SMILES string of the molecule is COc1cc2ncnc(N(C)CCCCCN[SH](=O)=O)c2cc1OC. The fourth-order valence-electron chi connectivity index (χ4n) is 2.60. The van der Waals surface area contributed by atoms with Gasteiger partial charge in [0.15, 0.2) is 11.5 Å². The molecule has 0 unspecified atom stereocenters. The van der Waals surface area contributed by atoms with Gasteiger partial charge in [0.05, 0.1) is 19.7 Å². The first-order chi connectivity index (χ1) is 12.1. The number of unbranched alkanes of at least 4 members (excludes halogenated alkanes) is 2. The number of hydrogen-bond acceptors (Lipinski definition) is 7. The fraction of sp³-hybridized carbons (Fsp3) is 0.500. The summed E-state index contributed by atoms with van der Waals surface area (Å²) in [6.07, 6.45) is 4.22. The van der Waals surface area contributed by atoms with Crippen molar-refractivity contribution >= 4 is 27.6 Å². The Morgan fingerprint density at radius 1 is 1.08 bits per heavy atom. The van der Waals surface area contributed by atoms with Crippen molar-refractivity contribution in [1.29, 1.82) is 0 Å². The molecule has 0 aliphatic heterocycles. The fourth-order valence-corrected chi connectivity index (χ4v) is 2.94. The molecule has 0 radical (unpaired) electrons. The Labute approximate surface area is 149 Å². The minimum Gasteiger partial charge on any atom is -0.493 e. The molecule has 0 aliphatic carbocycles. The maximum atomic E-state index is 10.4. The van der Waals surface area contributed by atoms with E-state index in [9.17, 15) is 8.42 Å². The largest absolute Gasteiger partial charge is 0.493 e. The molecule has 0 spiro atoms. The lowest BCUT2D eigenvalue weighted by molar-refractivity contribution is 0.356. The third kappa shape index (κ3) is 5.17. The van der Waals surface area contributed by atoms with E-state index in [1.165, 1.54) is 6.33 Å². The monoisotopic (exact) mass is 368 g/mol. The molecule has 0 fully saturated rings. The van der Waals surface area contributed by atoms with Crippen LogP contribution in [-0.4, -0.2) is 52.7 Å². The average Bonchev–Trinajstić information content (AvgIpc) is 2.62. The summed E-state index contributed by atoms with van der Waals surface area (Å²) < 4.78 is 34.0. The number of fused-ring (bicyclic) bond motifs is 1. The third-order valence-electron chi connectivity index (χ3n) is 3.89. The van der Waals surface area contributed by atoms with Crippen LogP contribution in [0.1, 0.15) is 19.3 Å². The van der Waals surface area contributed by atoms with Crippen molar-refractivity contribution in [2.24, 2.45) is 0 Å². The molecule has 25 heavy (non-hydrogen) atoms. The van der Waals surface area contributed by atoms with Gasteiger partial charge in [0.2, 0.25) is 10.9 Å². The van der Waals surface area contributed by atoms with Crippen LogP contribution in [-0.2, 0) is 10.9 Å². The van der Waals surface area contributed by atoms with Crippen LogP contribution in [0, 0.1) is 0 Å². The van der Waals surface area contributed by atoms with Crippen LogP contribution in [0.25, 0.3) is 10.9 Å².